The van der Waals surface area contributed by atoms with Crippen molar-refractivity contribution in [3.05, 3.63) is 41.5 Å². The Labute approximate surface area is 171 Å². The van der Waals surface area contributed by atoms with Crippen LogP contribution >= 0.6 is 0 Å². The van der Waals surface area contributed by atoms with Crippen LogP contribution in [0.3, 0.4) is 0 Å². The zero-order chi connectivity index (χ0) is 21.4. The van der Waals surface area contributed by atoms with Gasteiger partial charge in [-0.3, -0.25) is 9.59 Å². The Bertz CT molecular complexity index is 716. The molecule has 0 spiro atoms. The molecule has 0 aliphatic carbocycles. The fourth-order valence-corrected chi connectivity index (χ4v) is 3.15. The molecule has 0 unspecified atom stereocenters. The van der Waals surface area contributed by atoms with Gasteiger partial charge in [0.25, 0.3) is 0 Å². The maximum atomic E-state index is 13.1. The van der Waals surface area contributed by atoms with Crippen molar-refractivity contribution in [3.63, 3.8) is 0 Å². The molecule has 1 aliphatic rings. The van der Waals surface area contributed by atoms with Crippen LogP contribution in [0.5, 0.6) is 0 Å². The van der Waals surface area contributed by atoms with Crippen molar-refractivity contribution in [1.29, 1.82) is 0 Å². The third kappa shape index (κ3) is 8.31. The molecule has 1 heterocycles. The van der Waals surface area contributed by atoms with Gasteiger partial charge in [-0.15, -0.1) is 0 Å². The topological polar surface area (TPSA) is 61.4 Å². The van der Waals surface area contributed by atoms with Crippen molar-refractivity contribution < 1.29 is 18.4 Å². The Morgan fingerprint density at radius 1 is 1.10 bits per heavy atom. The molecule has 0 aromatic heterocycles. The Kier molecular flexibility index (Phi) is 8.32. The predicted octanol–water partition coefficient (Wildman–Crippen LogP) is 2.97. The summed E-state index contributed by atoms with van der Waals surface area (Å²) < 4.78 is 26.3. The van der Waals surface area contributed by atoms with E-state index in [1.165, 1.54) is 24.3 Å². The highest BCUT2D eigenvalue weighted by atomic mass is 19.1. The van der Waals surface area contributed by atoms with Crippen molar-refractivity contribution in [3.8, 4) is 0 Å². The molecule has 0 atom stereocenters. The van der Waals surface area contributed by atoms with Crippen LogP contribution in [0.25, 0.3) is 6.08 Å². The number of carbonyl (C=O) groups is 2. The highest BCUT2D eigenvalue weighted by molar-refractivity contribution is 5.91. The molecule has 1 saturated heterocycles. The van der Waals surface area contributed by atoms with E-state index in [0.29, 0.717) is 24.6 Å². The lowest BCUT2D eigenvalue weighted by atomic mass is 9.95. The molecule has 7 heteroatoms. The van der Waals surface area contributed by atoms with Crippen molar-refractivity contribution >= 4 is 17.9 Å². The van der Waals surface area contributed by atoms with Crippen LogP contribution in [0.2, 0.25) is 0 Å². The molecule has 1 aliphatic heterocycles. The highest BCUT2D eigenvalue weighted by Gasteiger charge is 2.22. The summed E-state index contributed by atoms with van der Waals surface area (Å²) in [5, 5.41) is 5.82. The molecule has 2 N–H and O–H groups in total. The number of rotatable bonds is 7. The minimum atomic E-state index is -0.671. The molecule has 1 aromatic carbocycles. The summed E-state index contributed by atoms with van der Waals surface area (Å²) in [6, 6.07) is 3.14. The normalized spacial score (nSPS) is 16.2. The van der Waals surface area contributed by atoms with Crippen LogP contribution in [0.1, 0.15) is 39.2 Å². The maximum Gasteiger partial charge on any atom is 0.244 e. The second kappa shape index (κ2) is 10.5. The number of benzene rings is 1. The van der Waals surface area contributed by atoms with Crippen LogP contribution in [0.15, 0.2) is 24.3 Å². The van der Waals surface area contributed by atoms with Gasteiger partial charge < -0.3 is 15.5 Å². The molecular weight excluding hydrogens is 376 g/mol. The van der Waals surface area contributed by atoms with Gasteiger partial charge in [-0.2, -0.15) is 0 Å². The SMILES string of the molecule is CC(C)(C)C(=O)NCCN1CCC(CNC(=O)/C=C/c2cc(F)cc(F)c2)CC1. The largest absolute Gasteiger partial charge is 0.354 e. The van der Waals surface area contributed by atoms with Crippen LogP contribution in [-0.2, 0) is 9.59 Å². The molecule has 160 valence electrons. The van der Waals surface area contributed by atoms with Gasteiger partial charge in [0.1, 0.15) is 11.6 Å². The first-order valence-electron chi connectivity index (χ1n) is 10.1. The molecule has 1 fully saturated rings. The summed E-state index contributed by atoms with van der Waals surface area (Å²) in [4.78, 5) is 26.1. The quantitative estimate of drug-likeness (QED) is 0.683. The molecule has 2 amide bonds. The molecule has 5 nitrogen and oxygen atoms in total. The van der Waals surface area contributed by atoms with Crippen LogP contribution < -0.4 is 10.6 Å². The molecule has 29 heavy (non-hydrogen) atoms. The van der Waals surface area contributed by atoms with Crippen molar-refractivity contribution in [2.45, 2.75) is 33.6 Å². The summed E-state index contributed by atoms with van der Waals surface area (Å²) in [5.41, 5.74) is -0.0628. The van der Waals surface area contributed by atoms with E-state index in [-0.39, 0.29) is 17.2 Å². The minimum Gasteiger partial charge on any atom is -0.354 e. The van der Waals surface area contributed by atoms with Gasteiger partial charge in [-0.25, -0.2) is 8.78 Å². The first kappa shape index (κ1) is 23.0. The van der Waals surface area contributed by atoms with E-state index in [9.17, 15) is 18.4 Å². The van der Waals surface area contributed by atoms with Gasteiger partial charge in [0, 0.05) is 37.2 Å². The number of nitrogens with one attached hydrogen (secondary N) is 2. The number of halogens is 2. The first-order chi connectivity index (χ1) is 13.6. The molecule has 1 aromatic rings. The van der Waals surface area contributed by atoms with Gasteiger partial charge in [0.15, 0.2) is 0 Å². The number of piperidine rings is 1. The van der Waals surface area contributed by atoms with E-state index in [1.807, 2.05) is 20.8 Å². The Balaban J connectivity index is 1.64. The average molecular weight is 408 g/mol. The second-order valence-electron chi connectivity index (χ2n) is 8.57. The van der Waals surface area contributed by atoms with Gasteiger partial charge in [-0.1, -0.05) is 20.8 Å². The van der Waals surface area contributed by atoms with E-state index in [0.717, 1.165) is 38.5 Å². The monoisotopic (exact) mass is 407 g/mol. The molecule has 0 bridgehead atoms. The maximum absolute atomic E-state index is 13.1. The molecular formula is C22H31F2N3O2. The van der Waals surface area contributed by atoms with Gasteiger partial charge in [-0.05, 0) is 55.6 Å². The zero-order valence-corrected chi connectivity index (χ0v) is 17.4. The fourth-order valence-electron chi connectivity index (χ4n) is 3.15. The molecule has 0 saturated carbocycles. The lowest BCUT2D eigenvalue weighted by Gasteiger charge is -2.32. The Morgan fingerprint density at radius 3 is 2.31 bits per heavy atom. The second-order valence-corrected chi connectivity index (χ2v) is 8.57. The van der Waals surface area contributed by atoms with E-state index in [4.69, 9.17) is 0 Å². The number of hydrogen-bond acceptors (Lipinski definition) is 3. The van der Waals surface area contributed by atoms with Gasteiger partial charge >= 0.3 is 0 Å². The summed E-state index contributed by atoms with van der Waals surface area (Å²) in [6.45, 7) is 9.61. The molecule has 0 radical (unpaired) electrons. The smallest absolute Gasteiger partial charge is 0.244 e. The predicted molar refractivity (Wildman–Crippen MR) is 110 cm³/mol. The number of hydrogen-bond donors (Lipinski definition) is 2. The number of carbonyl (C=O) groups excluding carboxylic acids is 2. The number of amides is 2. The summed E-state index contributed by atoms with van der Waals surface area (Å²) in [7, 11) is 0. The van der Waals surface area contributed by atoms with Gasteiger partial charge in [0.05, 0.1) is 0 Å². The van der Waals surface area contributed by atoms with Crippen molar-refractivity contribution in [1.82, 2.24) is 15.5 Å². The molecule has 2 rings (SSSR count). The third-order valence-corrected chi connectivity index (χ3v) is 4.98. The highest BCUT2D eigenvalue weighted by Crippen LogP contribution is 2.16. The van der Waals surface area contributed by atoms with E-state index in [2.05, 4.69) is 15.5 Å². The van der Waals surface area contributed by atoms with Crippen molar-refractivity contribution in [2.24, 2.45) is 11.3 Å². The Hall–Kier alpha value is -2.28. The van der Waals surface area contributed by atoms with Crippen LogP contribution in [0.4, 0.5) is 8.78 Å². The third-order valence-electron chi connectivity index (χ3n) is 4.98. The van der Waals surface area contributed by atoms with Gasteiger partial charge in [0.2, 0.25) is 11.8 Å². The van der Waals surface area contributed by atoms with E-state index in [1.54, 1.807) is 0 Å². The first-order valence-corrected chi connectivity index (χ1v) is 10.1. The Morgan fingerprint density at radius 2 is 1.72 bits per heavy atom. The lowest BCUT2D eigenvalue weighted by Crippen LogP contribution is -2.43. The standard InChI is InChI=1S/C22H31F2N3O2/c1-22(2,3)21(29)25-8-11-27-9-6-16(7-10-27)15-26-20(28)5-4-17-12-18(23)14-19(24)13-17/h4-5,12-14,16H,6-11,15H2,1-3H3,(H,25,29)(H,26,28)/b5-4+. The average Bonchev–Trinajstić information content (AvgIpc) is 2.64. The van der Waals surface area contributed by atoms with E-state index < -0.39 is 11.6 Å². The lowest BCUT2D eigenvalue weighted by molar-refractivity contribution is -0.128. The van der Waals surface area contributed by atoms with E-state index >= 15 is 0 Å². The summed E-state index contributed by atoms with van der Waals surface area (Å²) in [5.74, 6) is -1.16. The van der Waals surface area contributed by atoms with Crippen LogP contribution in [-0.4, -0.2) is 49.4 Å². The summed E-state index contributed by atoms with van der Waals surface area (Å²) >= 11 is 0. The number of nitrogens with zero attached hydrogens (tertiary/aromatic N) is 1. The van der Waals surface area contributed by atoms with Crippen LogP contribution in [0, 0.1) is 23.0 Å². The zero-order valence-electron chi connectivity index (χ0n) is 17.4. The number of likely N-dealkylation sites (tertiary alicyclic amines) is 1. The summed E-state index contributed by atoms with van der Waals surface area (Å²) in [6.07, 6.45) is 4.65. The fraction of sp³-hybridized carbons (Fsp3) is 0.545. The minimum absolute atomic E-state index is 0.0594. The van der Waals surface area contributed by atoms with Crippen molar-refractivity contribution in [2.75, 3.05) is 32.7 Å².